The lowest BCUT2D eigenvalue weighted by Crippen LogP contribution is -2.28. The third-order valence-corrected chi connectivity index (χ3v) is 3.47. The number of amides is 1. The molecule has 0 aliphatic heterocycles. The number of imidazole rings is 1. The van der Waals surface area contributed by atoms with Crippen LogP contribution in [0.2, 0.25) is 0 Å². The predicted molar refractivity (Wildman–Crippen MR) is 72.4 cm³/mol. The van der Waals surface area contributed by atoms with Gasteiger partial charge in [-0.15, -0.1) is 0 Å². The Kier molecular flexibility index (Phi) is 3.14. The number of carboxylic acids is 1. The van der Waals surface area contributed by atoms with Gasteiger partial charge in [0.05, 0.1) is 22.9 Å². The average Bonchev–Trinajstić information content (AvgIpc) is 3.21. The molecule has 0 spiro atoms. The van der Waals surface area contributed by atoms with Gasteiger partial charge in [0.15, 0.2) is 0 Å². The van der Waals surface area contributed by atoms with Crippen molar-refractivity contribution in [3.63, 3.8) is 0 Å². The molecule has 6 heteroatoms. The second-order valence-electron chi connectivity index (χ2n) is 5.01. The Balaban J connectivity index is 1.71. The summed E-state index contributed by atoms with van der Waals surface area (Å²) < 4.78 is 1.86. The molecule has 0 bridgehead atoms. The van der Waals surface area contributed by atoms with Crippen molar-refractivity contribution in [2.75, 3.05) is 6.54 Å². The van der Waals surface area contributed by atoms with Crippen molar-refractivity contribution in [3.8, 4) is 0 Å². The summed E-state index contributed by atoms with van der Waals surface area (Å²) in [6.07, 6.45) is 3.64. The standard InChI is InChI=1S/C14H15N3O3/c18-13(9-1-2-9)15-5-6-17-8-16-11-4-3-10(14(19)20)7-12(11)17/h3-4,7-9H,1-2,5-6H2,(H,15,18)(H,19,20). The summed E-state index contributed by atoms with van der Waals surface area (Å²) >= 11 is 0. The largest absolute Gasteiger partial charge is 0.478 e. The summed E-state index contributed by atoms with van der Waals surface area (Å²) in [6.45, 7) is 1.11. The van der Waals surface area contributed by atoms with E-state index in [4.69, 9.17) is 5.11 Å². The van der Waals surface area contributed by atoms with Gasteiger partial charge in [0.1, 0.15) is 0 Å². The van der Waals surface area contributed by atoms with Crippen molar-refractivity contribution in [1.29, 1.82) is 0 Å². The number of rotatable bonds is 5. The van der Waals surface area contributed by atoms with E-state index in [-0.39, 0.29) is 17.4 Å². The van der Waals surface area contributed by atoms with Crippen molar-refractivity contribution in [3.05, 3.63) is 30.1 Å². The Hall–Kier alpha value is -2.37. The van der Waals surface area contributed by atoms with E-state index in [0.29, 0.717) is 13.1 Å². The summed E-state index contributed by atoms with van der Waals surface area (Å²) in [7, 11) is 0. The molecular weight excluding hydrogens is 258 g/mol. The van der Waals surface area contributed by atoms with Gasteiger partial charge in [-0.2, -0.15) is 0 Å². The Labute approximate surface area is 115 Å². The number of fused-ring (bicyclic) bond motifs is 1. The van der Waals surface area contributed by atoms with Gasteiger partial charge < -0.3 is 15.0 Å². The van der Waals surface area contributed by atoms with Crippen LogP contribution < -0.4 is 5.32 Å². The SMILES string of the molecule is O=C(O)c1ccc2ncn(CCNC(=O)C3CC3)c2c1. The first-order chi connectivity index (χ1) is 9.65. The van der Waals surface area contributed by atoms with Crippen LogP contribution in [0.5, 0.6) is 0 Å². The van der Waals surface area contributed by atoms with E-state index >= 15 is 0 Å². The highest BCUT2D eigenvalue weighted by molar-refractivity contribution is 5.92. The van der Waals surface area contributed by atoms with Gasteiger partial charge >= 0.3 is 5.97 Å². The predicted octanol–water partition coefficient (Wildman–Crippen LogP) is 1.26. The summed E-state index contributed by atoms with van der Waals surface area (Å²) in [6, 6.07) is 4.84. The fourth-order valence-corrected chi connectivity index (χ4v) is 2.16. The highest BCUT2D eigenvalue weighted by Crippen LogP contribution is 2.28. The molecule has 1 aromatic heterocycles. The Bertz CT molecular complexity index is 673. The van der Waals surface area contributed by atoms with Gasteiger partial charge in [0, 0.05) is 19.0 Å². The molecule has 1 aliphatic rings. The lowest BCUT2D eigenvalue weighted by molar-refractivity contribution is -0.122. The van der Waals surface area contributed by atoms with Crippen LogP contribution in [0.15, 0.2) is 24.5 Å². The lowest BCUT2D eigenvalue weighted by atomic mass is 10.2. The van der Waals surface area contributed by atoms with Gasteiger partial charge in [0.25, 0.3) is 0 Å². The monoisotopic (exact) mass is 273 g/mol. The van der Waals surface area contributed by atoms with Crippen molar-refractivity contribution in [2.45, 2.75) is 19.4 Å². The van der Waals surface area contributed by atoms with Gasteiger partial charge in [-0.1, -0.05) is 0 Å². The number of hydrogen-bond donors (Lipinski definition) is 2. The molecule has 1 amide bonds. The third kappa shape index (κ3) is 2.49. The number of nitrogens with one attached hydrogen (secondary N) is 1. The minimum Gasteiger partial charge on any atom is -0.478 e. The van der Waals surface area contributed by atoms with Gasteiger partial charge in [0.2, 0.25) is 5.91 Å². The molecule has 1 fully saturated rings. The van der Waals surface area contributed by atoms with Crippen molar-refractivity contribution < 1.29 is 14.7 Å². The summed E-state index contributed by atoms with van der Waals surface area (Å²) in [4.78, 5) is 26.7. The number of aromatic carboxylic acids is 1. The Morgan fingerprint density at radius 3 is 2.90 bits per heavy atom. The van der Waals surface area contributed by atoms with Crippen molar-refractivity contribution in [1.82, 2.24) is 14.9 Å². The molecule has 6 nitrogen and oxygen atoms in total. The molecule has 3 rings (SSSR count). The van der Waals surface area contributed by atoms with Gasteiger partial charge in [-0.3, -0.25) is 4.79 Å². The molecule has 0 unspecified atom stereocenters. The van der Waals surface area contributed by atoms with Crippen LogP contribution in [0, 0.1) is 5.92 Å². The number of carbonyl (C=O) groups excluding carboxylic acids is 1. The van der Waals surface area contributed by atoms with Gasteiger partial charge in [-0.05, 0) is 31.0 Å². The molecule has 1 aliphatic carbocycles. The maximum atomic E-state index is 11.5. The number of hydrogen-bond acceptors (Lipinski definition) is 3. The molecule has 1 saturated carbocycles. The quantitative estimate of drug-likeness (QED) is 0.859. The van der Waals surface area contributed by atoms with Gasteiger partial charge in [-0.25, -0.2) is 9.78 Å². The topological polar surface area (TPSA) is 84.2 Å². The molecule has 2 N–H and O–H groups in total. The zero-order valence-electron chi connectivity index (χ0n) is 10.9. The second kappa shape index (κ2) is 4.96. The van der Waals surface area contributed by atoms with E-state index < -0.39 is 5.97 Å². The van der Waals surface area contributed by atoms with E-state index in [2.05, 4.69) is 10.3 Å². The van der Waals surface area contributed by atoms with E-state index in [1.165, 1.54) is 6.07 Å². The number of aromatic nitrogens is 2. The highest BCUT2D eigenvalue weighted by Gasteiger charge is 2.29. The number of benzene rings is 1. The fourth-order valence-electron chi connectivity index (χ4n) is 2.16. The zero-order chi connectivity index (χ0) is 14.1. The molecule has 1 heterocycles. The van der Waals surface area contributed by atoms with E-state index in [9.17, 15) is 9.59 Å². The summed E-state index contributed by atoms with van der Waals surface area (Å²) in [5.41, 5.74) is 1.76. The molecule has 20 heavy (non-hydrogen) atoms. The molecule has 2 aromatic rings. The van der Waals surface area contributed by atoms with Crippen LogP contribution in [0.1, 0.15) is 23.2 Å². The van der Waals surface area contributed by atoms with E-state index in [1.807, 2.05) is 4.57 Å². The average molecular weight is 273 g/mol. The zero-order valence-corrected chi connectivity index (χ0v) is 10.9. The Morgan fingerprint density at radius 1 is 1.40 bits per heavy atom. The van der Waals surface area contributed by atoms with Crippen LogP contribution in [-0.4, -0.2) is 33.1 Å². The Morgan fingerprint density at radius 2 is 2.20 bits per heavy atom. The fraction of sp³-hybridized carbons (Fsp3) is 0.357. The highest BCUT2D eigenvalue weighted by atomic mass is 16.4. The van der Waals surface area contributed by atoms with Crippen LogP contribution in [0.4, 0.5) is 0 Å². The van der Waals surface area contributed by atoms with Crippen molar-refractivity contribution in [2.24, 2.45) is 5.92 Å². The normalized spacial score (nSPS) is 14.4. The van der Waals surface area contributed by atoms with E-state index in [1.54, 1.807) is 18.5 Å². The lowest BCUT2D eigenvalue weighted by Gasteiger charge is -2.06. The second-order valence-corrected chi connectivity index (χ2v) is 5.01. The number of carbonyl (C=O) groups is 2. The first-order valence-corrected chi connectivity index (χ1v) is 6.61. The minimum absolute atomic E-state index is 0.112. The molecule has 0 atom stereocenters. The maximum Gasteiger partial charge on any atom is 0.335 e. The molecule has 0 saturated heterocycles. The molecule has 0 radical (unpaired) electrons. The number of carboxylic acid groups (broad SMARTS) is 1. The third-order valence-electron chi connectivity index (χ3n) is 3.47. The molecular formula is C14H15N3O3. The van der Waals surface area contributed by atoms with Crippen LogP contribution in [0.25, 0.3) is 11.0 Å². The summed E-state index contributed by atoms with van der Waals surface area (Å²) in [5, 5.41) is 11.9. The van der Waals surface area contributed by atoms with Crippen LogP contribution in [-0.2, 0) is 11.3 Å². The molecule has 1 aromatic carbocycles. The molecule has 104 valence electrons. The van der Waals surface area contributed by atoms with Crippen LogP contribution >= 0.6 is 0 Å². The number of nitrogens with zero attached hydrogens (tertiary/aromatic N) is 2. The van der Waals surface area contributed by atoms with E-state index in [0.717, 1.165) is 23.9 Å². The minimum atomic E-state index is -0.957. The van der Waals surface area contributed by atoms with Crippen molar-refractivity contribution >= 4 is 22.9 Å². The van der Waals surface area contributed by atoms with Crippen LogP contribution in [0.3, 0.4) is 0 Å². The first-order valence-electron chi connectivity index (χ1n) is 6.61. The first kappa shape index (κ1) is 12.7. The summed E-state index contributed by atoms with van der Waals surface area (Å²) in [5.74, 6) is -0.643. The maximum absolute atomic E-state index is 11.5. The smallest absolute Gasteiger partial charge is 0.335 e.